The van der Waals surface area contributed by atoms with Gasteiger partial charge in [-0.1, -0.05) is 18.2 Å². The van der Waals surface area contributed by atoms with Crippen molar-refractivity contribution >= 4 is 23.1 Å². The predicted octanol–water partition coefficient (Wildman–Crippen LogP) is 3.77. The van der Waals surface area contributed by atoms with Crippen LogP contribution in [0.5, 0.6) is 0 Å². The van der Waals surface area contributed by atoms with Gasteiger partial charge in [0.05, 0.1) is 5.69 Å². The number of rotatable bonds is 4. The Balaban J connectivity index is 2.50. The second-order valence-electron chi connectivity index (χ2n) is 4.17. The van der Waals surface area contributed by atoms with Crippen LogP contribution in [0.1, 0.15) is 5.56 Å². The Labute approximate surface area is 117 Å². The Morgan fingerprint density at radius 2 is 1.79 bits per heavy atom. The largest absolute Gasteiger partial charge is 0.342 e. The van der Waals surface area contributed by atoms with E-state index in [1.165, 1.54) is 6.07 Å². The van der Waals surface area contributed by atoms with Crippen molar-refractivity contribution in [2.75, 3.05) is 18.2 Å². The van der Waals surface area contributed by atoms with Crippen LogP contribution in [0.25, 0.3) is 0 Å². The third-order valence-corrected chi connectivity index (χ3v) is 3.93. The van der Waals surface area contributed by atoms with Crippen LogP contribution >= 0.6 is 11.8 Å². The van der Waals surface area contributed by atoms with E-state index in [1.54, 1.807) is 23.9 Å². The zero-order chi connectivity index (χ0) is 13.8. The van der Waals surface area contributed by atoms with E-state index in [1.807, 2.05) is 42.5 Å². The predicted molar refractivity (Wildman–Crippen MR) is 80.6 cm³/mol. The highest BCUT2D eigenvalue weighted by Crippen LogP contribution is 2.33. The van der Waals surface area contributed by atoms with Crippen LogP contribution in [0.2, 0.25) is 0 Å². The molecule has 0 heterocycles. The van der Waals surface area contributed by atoms with E-state index in [0.29, 0.717) is 12.2 Å². The molecular weight excluding hydrogens is 259 g/mol. The molecule has 0 unspecified atom stereocenters. The van der Waals surface area contributed by atoms with Gasteiger partial charge in [-0.2, -0.15) is 0 Å². The van der Waals surface area contributed by atoms with Gasteiger partial charge >= 0.3 is 0 Å². The number of halogens is 1. The molecule has 19 heavy (non-hydrogen) atoms. The Bertz CT molecular complexity index is 572. The zero-order valence-electron chi connectivity index (χ0n) is 11.1. The molecular formula is C15H17FN2S. The summed E-state index contributed by atoms with van der Waals surface area (Å²) in [5.74, 6) is -0.234. The van der Waals surface area contributed by atoms with Crippen molar-refractivity contribution in [3.63, 3.8) is 0 Å². The molecule has 0 spiro atoms. The molecule has 0 radical (unpaired) electrons. The maximum atomic E-state index is 13.9. The molecule has 0 aliphatic rings. The van der Waals surface area contributed by atoms with Crippen molar-refractivity contribution in [1.29, 1.82) is 0 Å². The van der Waals surface area contributed by atoms with Crippen molar-refractivity contribution in [2.24, 2.45) is 5.73 Å². The molecule has 0 aliphatic heterocycles. The summed E-state index contributed by atoms with van der Waals surface area (Å²) in [5.41, 5.74) is 8.38. The van der Waals surface area contributed by atoms with Crippen LogP contribution in [0, 0.1) is 5.82 Å². The molecule has 0 amide bonds. The maximum absolute atomic E-state index is 13.9. The maximum Gasteiger partial charge on any atom is 0.146 e. The topological polar surface area (TPSA) is 29.3 Å². The molecule has 2 aromatic rings. The van der Waals surface area contributed by atoms with E-state index < -0.39 is 0 Å². The van der Waals surface area contributed by atoms with Crippen LogP contribution in [0.4, 0.5) is 15.8 Å². The van der Waals surface area contributed by atoms with E-state index in [-0.39, 0.29) is 5.82 Å². The normalized spacial score (nSPS) is 10.5. The lowest BCUT2D eigenvalue weighted by molar-refractivity contribution is 0.627. The smallest absolute Gasteiger partial charge is 0.146 e. The van der Waals surface area contributed by atoms with Crippen LogP contribution in [-0.2, 0) is 6.54 Å². The van der Waals surface area contributed by atoms with Crippen molar-refractivity contribution in [3.8, 4) is 0 Å². The lowest BCUT2D eigenvalue weighted by atomic mass is 10.1. The first kappa shape index (κ1) is 13.9. The standard InChI is InChI=1S/C15H17FN2S/c1-18(14-7-4-3-6-12(14)16)13-8-5-9-15(19-2)11(13)10-17/h3-9H,10,17H2,1-2H3. The van der Waals surface area contributed by atoms with Crippen LogP contribution in [0.3, 0.4) is 0 Å². The number of benzene rings is 2. The average Bonchev–Trinajstić information content (AvgIpc) is 2.46. The molecule has 4 heteroatoms. The molecule has 0 aromatic heterocycles. The molecule has 100 valence electrons. The van der Waals surface area contributed by atoms with Crippen molar-refractivity contribution in [1.82, 2.24) is 0 Å². The number of nitrogens with zero attached hydrogens (tertiary/aromatic N) is 1. The monoisotopic (exact) mass is 276 g/mol. The third-order valence-electron chi connectivity index (χ3n) is 3.11. The number of hydrogen-bond acceptors (Lipinski definition) is 3. The van der Waals surface area contributed by atoms with Gasteiger partial charge in [0.1, 0.15) is 5.82 Å². The summed E-state index contributed by atoms with van der Waals surface area (Å²) in [6.07, 6.45) is 2.02. The summed E-state index contributed by atoms with van der Waals surface area (Å²) in [7, 11) is 1.86. The van der Waals surface area contributed by atoms with Crippen molar-refractivity contribution < 1.29 is 4.39 Å². The van der Waals surface area contributed by atoms with Gasteiger partial charge in [-0.05, 0) is 30.5 Å². The van der Waals surface area contributed by atoms with Gasteiger partial charge in [-0.3, -0.25) is 0 Å². The van der Waals surface area contributed by atoms with Gasteiger partial charge in [0.15, 0.2) is 0 Å². The highest BCUT2D eigenvalue weighted by Gasteiger charge is 2.14. The fraction of sp³-hybridized carbons (Fsp3) is 0.200. The fourth-order valence-corrected chi connectivity index (χ4v) is 2.77. The molecule has 2 N–H and O–H groups in total. The Hall–Kier alpha value is -1.52. The van der Waals surface area contributed by atoms with Crippen molar-refractivity contribution in [3.05, 3.63) is 53.8 Å². The number of para-hydroxylation sites is 1. The third kappa shape index (κ3) is 2.74. The minimum absolute atomic E-state index is 0.234. The van der Waals surface area contributed by atoms with Crippen LogP contribution < -0.4 is 10.6 Å². The first-order chi connectivity index (χ1) is 9.19. The summed E-state index contributed by atoms with van der Waals surface area (Å²) < 4.78 is 13.9. The number of anilines is 2. The van der Waals surface area contributed by atoms with E-state index in [4.69, 9.17) is 5.73 Å². The lowest BCUT2D eigenvalue weighted by Crippen LogP contribution is -2.15. The Morgan fingerprint density at radius 1 is 1.11 bits per heavy atom. The fourth-order valence-electron chi connectivity index (χ4n) is 2.12. The molecule has 2 rings (SSSR count). The van der Waals surface area contributed by atoms with Gasteiger partial charge < -0.3 is 10.6 Å². The summed E-state index contributed by atoms with van der Waals surface area (Å²) >= 11 is 1.65. The summed E-state index contributed by atoms with van der Waals surface area (Å²) in [4.78, 5) is 2.97. The summed E-state index contributed by atoms with van der Waals surface area (Å²) in [5, 5.41) is 0. The van der Waals surface area contributed by atoms with Crippen LogP contribution in [-0.4, -0.2) is 13.3 Å². The average molecular weight is 276 g/mol. The second-order valence-corrected chi connectivity index (χ2v) is 5.02. The quantitative estimate of drug-likeness (QED) is 0.862. The minimum atomic E-state index is -0.234. The number of hydrogen-bond donors (Lipinski definition) is 1. The van der Waals surface area contributed by atoms with Crippen LogP contribution in [0.15, 0.2) is 47.4 Å². The molecule has 0 fully saturated rings. The van der Waals surface area contributed by atoms with Gasteiger partial charge in [0.25, 0.3) is 0 Å². The number of nitrogens with two attached hydrogens (primary N) is 1. The lowest BCUT2D eigenvalue weighted by Gasteiger charge is -2.24. The van der Waals surface area contributed by atoms with Gasteiger partial charge in [0, 0.05) is 29.7 Å². The van der Waals surface area contributed by atoms with E-state index >= 15 is 0 Å². The Kier molecular flexibility index (Phi) is 4.45. The zero-order valence-corrected chi connectivity index (χ0v) is 11.9. The molecule has 0 saturated carbocycles. The SMILES string of the molecule is CSc1cccc(N(C)c2ccccc2F)c1CN. The number of thioether (sulfide) groups is 1. The first-order valence-corrected chi connectivity index (χ1v) is 7.25. The Morgan fingerprint density at radius 3 is 2.42 bits per heavy atom. The van der Waals surface area contributed by atoms with Gasteiger partial charge in [-0.15, -0.1) is 11.8 Å². The summed E-state index contributed by atoms with van der Waals surface area (Å²) in [6, 6.07) is 12.7. The van der Waals surface area contributed by atoms with Gasteiger partial charge in [-0.25, -0.2) is 4.39 Å². The van der Waals surface area contributed by atoms with Crippen molar-refractivity contribution in [2.45, 2.75) is 11.4 Å². The molecule has 2 nitrogen and oxygen atoms in total. The minimum Gasteiger partial charge on any atom is -0.342 e. The second kappa shape index (κ2) is 6.08. The van der Waals surface area contributed by atoms with E-state index in [0.717, 1.165) is 16.1 Å². The van der Waals surface area contributed by atoms with Gasteiger partial charge in [0.2, 0.25) is 0 Å². The molecule has 0 saturated heterocycles. The molecule has 0 atom stereocenters. The first-order valence-electron chi connectivity index (χ1n) is 6.03. The molecule has 2 aromatic carbocycles. The molecule has 0 aliphatic carbocycles. The van der Waals surface area contributed by atoms with E-state index in [9.17, 15) is 4.39 Å². The molecule has 0 bridgehead atoms. The highest BCUT2D eigenvalue weighted by atomic mass is 32.2. The summed E-state index contributed by atoms with van der Waals surface area (Å²) in [6.45, 7) is 0.436. The van der Waals surface area contributed by atoms with E-state index in [2.05, 4.69) is 0 Å². The highest BCUT2D eigenvalue weighted by molar-refractivity contribution is 7.98.